The molecule has 10 nitrogen and oxygen atoms in total. The first-order valence-electron chi connectivity index (χ1n) is 8.85. The molecule has 0 aliphatic carbocycles. The Balaban J connectivity index is 1.47. The number of rotatable bonds is 4. The average molecular weight is 365 g/mol. The first-order chi connectivity index (χ1) is 13.3. The number of anilines is 2. The topological polar surface area (TPSA) is 111 Å². The van der Waals surface area contributed by atoms with E-state index in [0.29, 0.717) is 17.7 Å². The quantitative estimate of drug-likeness (QED) is 0.569. The van der Waals surface area contributed by atoms with Gasteiger partial charge in [0, 0.05) is 32.7 Å². The number of ether oxygens (including phenoxy) is 1. The van der Waals surface area contributed by atoms with Crippen LogP contribution < -0.4 is 5.32 Å². The zero-order chi connectivity index (χ0) is 18.2. The predicted octanol–water partition coefficient (Wildman–Crippen LogP) is 2.04. The zero-order valence-electron chi connectivity index (χ0n) is 14.8. The van der Waals surface area contributed by atoms with Crippen LogP contribution >= 0.6 is 0 Å². The summed E-state index contributed by atoms with van der Waals surface area (Å²) in [5.74, 6) is 1.25. The van der Waals surface area contributed by atoms with Crippen LogP contribution in [0.5, 0.6) is 0 Å². The average Bonchev–Trinajstić information content (AvgIpc) is 3.43. The molecular formula is C17H19N9O. The van der Waals surface area contributed by atoms with Gasteiger partial charge in [0.25, 0.3) is 0 Å². The second kappa shape index (κ2) is 6.47. The van der Waals surface area contributed by atoms with Crippen LogP contribution in [0.1, 0.15) is 18.9 Å². The minimum absolute atomic E-state index is 0.373. The highest BCUT2D eigenvalue weighted by Crippen LogP contribution is 2.27. The second-order valence-electron chi connectivity index (χ2n) is 6.61. The number of aryl methyl sites for hydroxylation is 1. The Morgan fingerprint density at radius 2 is 2.00 bits per heavy atom. The second-order valence-corrected chi connectivity index (χ2v) is 6.61. The fraction of sp³-hybridized carbons (Fsp3) is 0.353. The highest BCUT2D eigenvalue weighted by molar-refractivity contribution is 5.88. The van der Waals surface area contributed by atoms with E-state index in [1.165, 1.54) is 0 Å². The van der Waals surface area contributed by atoms with Crippen molar-refractivity contribution in [2.75, 3.05) is 18.5 Å². The van der Waals surface area contributed by atoms with Crippen LogP contribution in [-0.4, -0.2) is 52.9 Å². The lowest BCUT2D eigenvalue weighted by atomic mass is 10.1. The molecule has 138 valence electrons. The molecule has 0 amide bonds. The fourth-order valence-electron chi connectivity index (χ4n) is 3.28. The molecule has 0 saturated carbocycles. The molecule has 27 heavy (non-hydrogen) atoms. The zero-order valence-corrected chi connectivity index (χ0v) is 14.8. The fourth-order valence-corrected chi connectivity index (χ4v) is 3.28. The van der Waals surface area contributed by atoms with E-state index in [1.807, 2.05) is 30.3 Å². The van der Waals surface area contributed by atoms with E-state index in [9.17, 15) is 0 Å². The lowest BCUT2D eigenvalue weighted by Gasteiger charge is -2.22. The summed E-state index contributed by atoms with van der Waals surface area (Å²) in [6, 6.07) is 0.373. The number of aromatic nitrogens is 8. The molecule has 0 unspecified atom stereocenters. The van der Waals surface area contributed by atoms with Crippen molar-refractivity contribution in [3.63, 3.8) is 0 Å². The van der Waals surface area contributed by atoms with Crippen LogP contribution in [0.3, 0.4) is 0 Å². The minimum Gasteiger partial charge on any atom is -0.381 e. The summed E-state index contributed by atoms with van der Waals surface area (Å²) >= 11 is 0. The summed E-state index contributed by atoms with van der Waals surface area (Å²) in [6.07, 6.45) is 11.1. The van der Waals surface area contributed by atoms with Gasteiger partial charge >= 0.3 is 0 Å². The molecule has 1 saturated heterocycles. The van der Waals surface area contributed by atoms with Gasteiger partial charge in [-0.3, -0.25) is 14.5 Å². The molecule has 0 bridgehead atoms. The predicted molar refractivity (Wildman–Crippen MR) is 98.5 cm³/mol. The molecule has 5 rings (SSSR count). The van der Waals surface area contributed by atoms with Gasteiger partial charge in [0.1, 0.15) is 11.0 Å². The number of nitrogens with zero attached hydrogens (tertiary/aromatic N) is 7. The van der Waals surface area contributed by atoms with E-state index in [2.05, 4.69) is 35.7 Å². The Labute approximate surface area is 154 Å². The van der Waals surface area contributed by atoms with Gasteiger partial charge in [-0.05, 0) is 12.8 Å². The molecule has 2 N–H and O–H groups in total. The van der Waals surface area contributed by atoms with Gasteiger partial charge in [0.2, 0.25) is 0 Å². The lowest BCUT2D eigenvalue weighted by Crippen LogP contribution is -2.19. The van der Waals surface area contributed by atoms with Gasteiger partial charge in [-0.1, -0.05) is 0 Å². The van der Waals surface area contributed by atoms with Crippen LogP contribution in [0.25, 0.3) is 22.4 Å². The Morgan fingerprint density at radius 3 is 2.81 bits per heavy atom. The van der Waals surface area contributed by atoms with Crippen LogP contribution in [0.2, 0.25) is 0 Å². The SMILES string of the molecule is Cn1cc(-c2nc(Nc3cnn(C4CCOCC4)c3)c3[nH]ncc3n2)cn1. The summed E-state index contributed by atoms with van der Waals surface area (Å²) in [4.78, 5) is 9.24. The number of hydrogen-bond donors (Lipinski definition) is 2. The van der Waals surface area contributed by atoms with E-state index < -0.39 is 0 Å². The third-order valence-corrected chi connectivity index (χ3v) is 4.69. The maximum atomic E-state index is 5.43. The van der Waals surface area contributed by atoms with Gasteiger partial charge in [-0.15, -0.1) is 0 Å². The Kier molecular flexibility index (Phi) is 3.82. The van der Waals surface area contributed by atoms with Crippen LogP contribution in [-0.2, 0) is 11.8 Å². The molecule has 1 aliphatic rings. The number of nitrogens with one attached hydrogen (secondary N) is 2. The van der Waals surface area contributed by atoms with Crippen molar-refractivity contribution in [1.29, 1.82) is 0 Å². The largest absolute Gasteiger partial charge is 0.381 e. The summed E-state index contributed by atoms with van der Waals surface area (Å²) in [5.41, 5.74) is 3.21. The van der Waals surface area contributed by atoms with Crippen molar-refractivity contribution in [3.05, 3.63) is 31.0 Å². The Bertz CT molecular complexity index is 1070. The number of H-pyrrole nitrogens is 1. The maximum absolute atomic E-state index is 5.43. The van der Waals surface area contributed by atoms with E-state index in [-0.39, 0.29) is 0 Å². The van der Waals surface area contributed by atoms with Crippen molar-refractivity contribution in [2.24, 2.45) is 7.05 Å². The van der Waals surface area contributed by atoms with Gasteiger partial charge in [-0.2, -0.15) is 15.3 Å². The van der Waals surface area contributed by atoms with E-state index in [1.54, 1.807) is 17.1 Å². The lowest BCUT2D eigenvalue weighted by molar-refractivity contribution is 0.0662. The van der Waals surface area contributed by atoms with E-state index in [0.717, 1.165) is 48.3 Å². The highest BCUT2D eigenvalue weighted by atomic mass is 16.5. The van der Waals surface area contributed by atoms with Crippen molar-refractivity contribution >= 4 is 22.5 Å². The normalized spacial score (nSPS) is 15.4. The van der Waals surface area contributed by atoms with Gasteiger partial charge in [0.15, 0.2) is 11.6 Å². The van der Waals surface area contributed by atoms with Gasteiger partial charge in [-0.25, -0.2) is 9.97 Å². The van der Waals surface area contributed by atoms with E-state index in [4.69, 9.17) is 4.74 Å². The minimum atomic E-state index is 0.373. The molecule has 0 atom stereocenters. The summed E-state index contributed by atoms with van der Waals surface area (Å²) in [6.45, 7) is 1.56. The van der Waals surface area contributed by atoms with E-state index >= 15 is 0 Å². The summed E-state index contributed by atoms with van der Waals surface area (Å²) < 4.78 is 9.15. The number of aromatic amines is 1. The summed E-state index contributed by atoms with van der Waals surface area (Å²) in [5, 5.41) is 19.1. The smallest absolute Gasteiger partial charge is 0.165 e. The molecule has 4 aromatic heterocycles. The molecule has 5 heterocycles. The summed E-state index contributed by atoms with van der Waals surface area (Å²) in [7, 11) is 1.86. The van der Waals surface area contributed by atoms with Gasteiger partial charge < -0.3 is 10.1 Å². The monoisotopic (exact) mass is 365 g/mol. The molecular weight excluding hydrogens is 346 g/mol. The van der Waals surface area contributed by atoms with Crippen LogP contribution in [0.4, 0.5) is 11.5 Å². The number of fused-ring (bicyclic) bond motifs is 1. The van der Waals surface area contributed by atoms with Crippen LogP contribution in [0, 0.1) is 0 Å². The van der Waals surface area contributed by atoms with Crippen molar-refractivity contribution in [1.82, 2.24) is 39.7 Å². The Hall–Kier alpha value is -3.27. The third kappa shape index (κ3) is 3.04. The molecule has 0 aromatic carbocycles. The maximum Gasteiger partial charge on any atom is 0.165 e. The van der Waals surface area contributed by atoms with Crippen LogP contribution in [0.15, 0.2) is 31.0 Å². The van der Waals surface area contributed by atoms with Crippen molar-refractivity contribution < 1.29 is 4.74 Å². The molecule has 4 aromatic rings. The third-order valence-electron chi connectivity index (χ3n) is 4.69. The standard InChI is InChI=1S/C17H19N9O/c1-25-9-11(6-19-25)16-22-14-8-18-24-15(14)17(23-16)21-12-7-20-26(10-12)13-2-4-27-5-3-13/h6-10,13H,2-5H2,1H3,(H,18,24)(H,21,22,23). The molecule has 0 spiro atoms. The number of hydrogen-bond acceptors (Lipinski definition) is 7. The van der Waals surface area contributed by atoms with Crippen molar-refractivity contribution in [3.8, 4) is 11.4 Å². The van der Waals surface area contributed by atoms with Crippen molar-refractivity contribution in [2.45, 2.75) is 18.9 Å². The Morgan fingerprint density at radius 1 is 1.11 bits per heavy atom. The molecule has 10 heteroatoms. The molecule has 1 fully saturated rings. The molecule has 0 radical (unpaired) electrons. The first-order valence-corrected chi connectivity index (χ1v) is 8.85. The first kappa shape index (κ1) is 15.9. The van der Waals surface area contributed by atoms with Gasteiger partial charge in [0.05, 0.1) is 35.9 Å². The highest BCUT2D eigenvalue weighted by Gasteiger charge is 2.17. The molecule has 1 aliphatic heterocycles.